The first-order chi connectivity index (χ1) is 10.4. The van der Waals surface area contributed by atoms with Gasteiger partial charge in [0.05, 0.1) is 0 Å². The van der Waals surface area contributed by atoms with Gasteiger partial charge in [-0.1, -0.05) is 39.8 Å². The van der Waals surface area contributed by atoms with Crippen LogP contribution in [0.5, 0.6) is 0 Å². The molecular weight excluding hydrogens is 280 g/mol. The van der Waals surface area contributed by atoms with Crippen molar-refractivity contribution in [3.05, 3.63) is 23.4 Å². The minimum atomic E-state index is 0.100. The molecule has 1 atom stereocenters. The molecule has 0 aromatic heterocycles. The monoisotopic (exact) mass is 318 g/mol. The van der Waals surface area contributed by atoms with E-state index in [0.29, 0.717) is 11.3 Å². The zero-order chi connectivity index (χ0) is 17.8. The molecule has 1 unspecified atom stereocenters. The molecule has 1 fully saturated rings. The molecule has 0 radical (unpaired) electrons. The van der Waals surface area contributed by atoms with Gasteiger partial charge in [0.15, 0.2) is 0 Å². The zero-order valence-electron chi connectivity index (χ0n) is 16.8. The fourth-order valence-corrected chi connectivity index (χ4v) is 2.97. The third-order valence-electron chi connectivity index (χ3n) is 4.99. The van der Waals surface area contributed by atoms with E-state index < -0.39 is 0 Å². The molecule has 2 heteroatoms. The van der Waals surface area contributed by atoms with Crippen molar-refractivity contribution in [2.45, 2.75) is 86.6 Å². The lowest BCUT2D eigenvalue weighted by molar-refractivity contribution is 0.327. The Balaban J connectivity index is 3.01. The second kappa shape index (κ2) is 7.79. The summed E-state index contributed by atoms with van der Waals surface area (Å²) in [6.07, 6.45) is 4.62. The van der Waals surface area contributed by atoms with Gasteiger partial charge in [-0.05, 0) is 70.3 Å². The summed E-state index contributed by atoms with van der Waals surface area (Å²) in [7, 11) is 0. The van der Waals surface area contributed by atoms with Crippen molar-refractivity contribution in [1.29, 1.82) is 0 Å². The summed E-state index contributed by atoms with van der Waals surface area (Å²) >= 11 is 0. The first-order valence-electron chi connectivity index (χ1n) is 9.15. The van der Waals surface area contributed by atoms with Crippen LogP contribution in [0.3, 0.4) is 0 Å². The van der Waals surface area contributed by atoms with Gasteiger partial charge in [0.25, 0.3) is 0 Å². The van der Waals surface area contributed by atoms with Crippen molar-refractivity contribution in [3.8, 4) is 0 Å². The number of allylic oxidation sites excluding steroid dienone is 2. The van der Waals surface area contributed by atoms with E-state index in [4.69, 9.17) is 4.99 Å². The Hall–Kier alpha value is -0.890. The summed E-state index contributed by atoms with van der Waals surface area (Å²) in [5.74, 6) is 0.630. The molecule has 1 aliphatic rings. The molecule has 2 nitrogen and oxygen atoms in total. The van der Waals surface area contributed by atoms with Gasteiger partial charge in [-0.15, -0.1) is 0 Å². The summed E-state index contributed by atoms with van der Waals surface area (Å²) in [6.45, 7) is 23.1. The van der Waals surface area contributed by atoms with Crippen LogP contribution >= 0.6 is 0 Å². The number of nitrogens with one attached hydrogen (secondary N) is 1. The largest absolute Gasteiger partial charge is 0.306 e. The van der Waals surface area contributed by atoms with E-state index in [2.05, 4.69) is 67.3 Å². The van der Waals surface area contributed by atoms with Crippen molar-refractivity contribution in [2.75, 3.05) is 6.54 Å². The van der Waals surface area contributed by atoms with Gasteiger partial charge in [0, 0.05) is 23.5 Å². The van der Waals surface area contributed by atoms with Crippen molar-refractivity contribution in [1.82, 2.24) is 5.32 Å². The van der Waals surface area contributed by atoms with E-state index in [1.165, 1.54) is 29.7 Å². The number of aliphatic imine (C=N–C) groups is 1. The summed E-state index contributed by atoms with van der Waals surface area (Å²) in [6, 6.07) is 0. The van der Waals surface area contributed by atoms with Gasteiger partial charge in [0.2, 0.25) is 0 Å². The van der Waals surface area contributed by atoms with Crippen LogP contribution in [-0.4, -0.2) is 17.8 Å². The predicted octanol–water partition coefficient (Wildman–Crippen LogP) is 5.90. The van der Waals surface area contributed by atoms with Crippen molar-refractivity contribution < 1.29 is 0 Å². The molecule has 132 valence electrons. The molecule has 0 aromatic carbocycles. The average Bonchev–Trinajstić information content (AvgIpc) is 2.44. The number of hydrogen-bond acceptors (Lipinski definition) is 2. The van der Waals surface area contributed by atoms with Gasteiger partial charge >= 0.3 is 0 Å². The highest BCUT2D eigenvalue weighted by Crippen LogP contribution is 2.40. The second-order valence-electron chi connectivity index (χ2n) is 9.04. The molecule has 0 bridgehead atoms. The standard InChI is InChI=1S/C21H38N2/c1-10-15(2)17(4)18-13-21(8,9)12-11-19(18)23-16(3)14-22-20(5,6)7/h15,22H,3,10-14H2,1-2,4-9H3/b18-17-,23-19?. The molecule has 0 spiro atoms. The molecule has 0 aromatic rings. The maximum absolute atomic E-state index is 4.93. The SMILES string of the molecule is C=C(CNC(C)(C)C)N=C1CCC(C)(C)C/C1=C(\C)C(C)CC. The van der Waals surface area contributed by atoms with E-state index in [-0.39, 0.29) is 5.54 Å². The summed E-state index contributed by atoms with van der Waals surface area (Å²) in [4.78, 5) is 4.93. The lowest BCUT2D eigenvalue weighted by Crippen LogP contribution is -2.37. The predicted molar refractivity (Wildman–Crippen MR) is 104 cm³/mol. The van der Waals surface area contributed by atoms with Gasteiger partial charge in [0.1, 0.15) is 0 Å². The van der Waals surface area contributed by atoms with Crippen molar-refractivity contribution in [2.24, 2.45) is 16.3 Å². The zero-order valence-corrected chi connectivity index (χ0v) is 16.8. The lowest BCUT2D eigenvalue weighted by Gasteiger charge is -2.34. The van der Waals surface area contributed by atoms with Crippen LogP contribution in [-0.2, 0) is 0 Å². The van der Waals surface area contributed by atoms with E-state index in [9.17, 15) is 0 Å². The van der Waals surface area contributed by atoms with Crippen LogP contribution in [0.1, 0.15) is 81.1 Å². The summed E-state index contributed by atoms with van der Waals surface area (Å²) in [5, 5.41) is 3.48. The van der Waals surface area contributed by atoms with E-state index in [1.807, 2.05) is 0 Å². The molecule has 0 amide bonds. The molecule has 1 rings (SSSR count). The Kier molecular flexibility index (Phi) is 6.82. The van der Waals surface area contributed by atoms with Crippen LogP contribution in [0.15, 0.2) is 28.4 Å². The maximum atomic E-state index is 4.93. The molecule has 0 aliphatic heterocycles. The van der Waals surface area contributed by atoms with Crippen LogP contribution in [0.2, 0.25) is 0 Å². The Bertz CT molecular complexity index is 486. The summed E-state index contributed by atoms with van der Waals surface area (Å²) < 4.78 is 0. The summed E-state index contributed by atoms with van der Waals surface area (Å²) in [5.41, 5.74) is 5.73. The lowest BCUT2D eigenvalue weighted by atomic mass is 9.71. The highest BCUT2D eigenvalue weighted by Gasteiger charge is 2.30. The number of hydrogen-bond donors (Lipinski definition) is 1. The van der Waals surface area contributed by atoms with Gasteiger partial charge < -0.3 is 5.32 Å². The molecule has 1 aliphatic carbocycles. The molecule has 1 saturated carbocycles. The highest BCUT2D eigenvalue weighted by molar-refractivity contribution is 6.02. The van der Waals surface area contributed by atoms with Gasteiger partial charge in [-0.2, -0.15) is 0 Å². The molecule has 0 saturated heterocycles. The normalized spacial score (nSPS) is 23.7. The van der Waals surface area contributed by atoms with Crippen LogP contribution in [0, 0.1) is 11.3 Å². The fourth-order valence-electron chi connectivity index (χ4n) is 2.97. The number of nitrogens with zero attached hydrogens (tertiary/aromatic N) is 1. The van der Waals surface area contributed by atoms with Gasteiger partial charge in [-0.3, -0.25) is 4.99 Å². The topological polar surface area (TPSA) is 24.4 Å². The quantitative estimate of drug-likeness (QED) is 0.670. The molecule has 23 heavy (non-hydrogen) atoms. The smallest absolute Gasteiger partial charge is 0.0473 e. The molecular formula is C21H38N2. The first kappa shape index (κ1) is 20.2. The van der Waals surface area contributed by atoms with E-state index in [0.717, 1.165) is 25.1 Å². The minimum Gasteiger partial charge on any atom is -0.306 e. The second-order valence-corrected chi connectivity index (χ2v) is 9.04. The van der Waals surface area contributed by atoms with E-state index in [1.54, 1.807) is 0 Å². The van der Waals surface area contributed by atoms with Crippen LogP contribution < -0.4 is 5.32 Å². The Labute approximate surface area is 144 Å². The molecule has 1 N–H and O–H groups in total. The molecule has 0 heterocycles. The average molecular weight is 319 g/mol. The highest BCUT2D eigenvalue weighted by atomic mass is 15.0. The Morgan fingerprint density at radius 1 is 1.35 bits per heavy atom. The Morgan fingerprint density at radius 3 is 2.48 bits per heavy atom. The number of rotatable bonds is 5. The van der Waals surface area contributed by atoms with Gasteiger partial charge in [-0.25, -0.2) is 0 Å². The third-order valence-corrected chi connectivity index (χ3v) is 4.99. The fraction of sp³-hybridized carbons (Fsp3) is 0.762. The van der Waals surface area contributed by atoms with Crippen molar-refractivity contribution in [3.63, 3.8) is 0 Å². The van der Waals surface area contributed by atoms with Crippen LogP contribution in [0.25, 0.3) is 0 Å². The first-order valence-corrected chi connectivity index (χ1v) is 9.15. The van der Waals surface area contributed by atoms with Crippen LogP contribution in [0.4, 0.5) is 0 Å². The Morgan fingerprint density at radius 2 is 1.96 bits per heavy atom. The van der Waals surface area contributed by atoms with Crippen molar-refractivity contribution >= 4 is 5.71 Å². The van der Waals surface area contributed by atoms with E-state index >= 15 is 0 Å². The minimum absolute atomic E-state index is 0.100. The third kappa shape index (κ3) is 6.63. The maximum Gasteiger partial charge on any atom is 0.0473 e.